The molecule has 33 heavy (non-hydrogen) atoms. The van der Waals surface area contributed by atoms with E-state index in [1.807, 2.05) is 41.8 Å². The van der Waals surface area contributed by atoms with E-state index in [0.717, 1.165) is 16.7 Å². The number of halogens is 2. The van der Waals surface area contributed by atoms with Gasteiger partial charge in [-0.1, -0.05) is 54.2 Å². The quantitative estimate of drug-likeness (QED) is 0.362. The highest BCUT2D eigenvalue weighted by molar-refractivity contribution is 7.99. The standard InChI is InChI=1S/C25H22F2N4OS/c1-17(19-7-11-21(26)12-8-19)28-23(32)16-33-25-30-29-24(20-9-13-22(27)14-10-20)31(25)15-18-5-3-2-4-6-18/h2-14,17H,15-16H2,1H3,(H,28,32). The van der Waals surface area contributed by atoms with Crippen LogP contribution in [-0.2, 0) is 11.3 Å². The van der Waals surface area contributed by atoms with Crippen molar-refractivity contribution in [1.82, 2.24) is 20.1 Å². The Kier molecular flexibility index (Phi) is 7.14. The average molecular weight is 465 g/mol. The molecule has 1 N–H and O–H groups in total. The molecule has 0 bridgehead atoms. The van der Waals surface area contributed by atoms with Gasteiger partial charge < -0.3 is 5.32 Å². The van der Waals surface area contributed by atoms with Gasteiger partial charge in [0.15, 0.2) is 11.0 Å². The van der Waals surface area contributed by atoms with Gasteiger partial charge in [0.1, 0.15) is 11.6 Å². The first-order valence-electron chi connectivity index (χ1n) is 10.4. The van der Waals surface area contributed by atoms with Crippen LogP contribution < -0.4 is 5.32 Å². The SMILES string of the molecule is CC(NC(=O)CSc1nnc(-c2ccc(F)cc2)n1Cc1ccccc1)c1ccc(F)cc1. The summed E-state index contributed by atoms with van der Waals surface area (Å²) in [4.78, 5) is 12.5. The number of carbonyl (C=O) groups is 1. The van der Waals surface area contributed by atoms with Gasteiger partial charge in [-0.2, -0.15) is 0 Å². The first-order valence-corrected chi connectivity index (χ1v) is 11.4. The predicted octanol–water partition coefficient (Wildman–Crippen LogP) is 5.24. The van der Waals surface area contributed by atoms with Crippen LogP contribution in [0.1, 0.15) is 24.1 Å². The van der Waals surface area contributed by atoms with Crippen molar-refractivity contribution in [1.29, 1.82) is 0 Å². The minimum absolute atomic E-state index is 0.141. The van der Waals surface area contributed by atoms with E-state index >= 15 is 0 Å². The molecule has 3 aromatic carbocycles. The zero-order valence-corrected chi connectivity index (χ0v) is 18.7. The van der Waals surface area contributed by atoms with Gasteiger partial charge in [0.25, 0.3) is 0 Å². The highest BCUT2D eigenvalue weighted by atomic mass is 32.2. The van der Waals surface area contributed by atoms with Gasteiger partial charge in [0.2, 0.25) is 5.91 Å². The summed E-state index contributed by atoms with van der Waals surface area (Å²) in [5, 5.41) is 12.1. The monoisotopic (exact) mass is 464 g/mol. The number of amides is 1. The number of nitrogens with zero attached hydrogens (tertiary/aromatic N) is 3. The number of nitrogens with one attached hydrogen (secondary N) is 1. The minimum Gasteiger partial charge on any atom is -0.349 e. The number of hydrogen-bond acceptors (Lipinski definition) is 4. The number of thioether (sulfide) groups is 1. The summed E-state index contributed by atoms with van der Waals surface area (Å²) in [6, 6.07) is 21.7. The molecule has 0 fully saturated rings. The van der Waals surface area contributed by atoms with Gasteiger partial charge >= 0.3 is 0 Å². The van der Waals surface area contributed by atoms with Crippen LogP contribution in [0.5, 0.6) is 0 Å². The van der Waals surface area contributed by atoms with Crippen molar-refractivity contribution in [2.75, 3.05) is 5.75 Å². The van der Waals surface area contributed by atoms with Gasteiger partial charge in [-0.25, -0.2) is 8.78 Å². The molecule has 4 aromatic rings. The van der Waals surface area contributed by atoms with E-state index < -0.39 is 0 Å². The van der Waals surface area contributed by atoms with E-state index in [4.69, 9.17) is 0 Å². The Morgan fingerprint density at radius 1 is 0.939 bits per heavy atom. The summed E-state index contributed by atoms with van der Waals surface area (Å²) in [5.41, 5.74) is 2.61. The van der Waals surface area contributed by atoms with Crippen molar-refractivity contribution in [3.05, 3.63) is 102 Å². The van der Waals surface area contributed by atoms with Crippen LogP contribution in [0, 0.1) is 11.6 Å². The lowest BCUT2D eigenvalue weighted by Crippen LogP contribution is -2.28. The normalized spacial score (nSPS) is 11.8. The first kappa shape index (κ1) is 22.7. The topological polar surface area (TPSA) is 59.8 Å². The summed E-state index contributed by atoms with van der Waals surface area (Å²) in [5.74, 6) is -0.0742. The van der Waals surface area contributed by atoms with Gasteiger partial charge in [-0.05, 0) is 54.4 Å². The third-order valence-corrected chi connectivity index (χ3v) is 6.05. The third kappa shape index (κ3) is 5.84. The zero-order chi connectivity index (χ0) is 23.2. The van der Waals surface area contributed by atoms with E-state index in [2.05, 4.69) is 15.5 Å². The second-order valence-electron chi connectivity index (χ2n) is 7.51. The fourth-order valence-electron chi connectivity index (χ4n) is 3.36. The molecule has 1 atom stereocenters. The smallest absolute Gasteiger partial charge is 0.230 e. The lowest BCUT2D eigenvalue weighted by atomic mass is 10.1. The van der Waals surface area contributed by atoms with Crippen LogP contribution in [0.2, 0.25) is 0 Å². The van der Waals surface area contributed by atoms with Crippen LogP contribution >= 0.6 is 11.8 Å². The highest BCUT2D eigenvalue weighted by Gasteiger charge is 2.17. The Labute approximate surface area is 194 Å². The molecule has 1 amide bonds. The van der Waals surface area contributed by atoms with Crippen LogP contribution in [0.3, 0.4) is 0 Å². The molecule has 5 nitrogen and oxygen atoms in total. The summed E-state index contributed by atoms with van der Waals surface area (Å²) < 4.78 is 28.5. The number of aromatic nitrogens is 3. The molecule has 4 rings (SSSR count). The number of benzene rings is 3. The predicted molar refractivity (Wildman–Crippen MR) is 125 cm³/mol. The lowest BCUT2D eigenvalue weighted by Gasteiger charge is -2.14. The van der Waals surface area contributed by atoms with Crippen molar-refractivity contribution in [2.24, 2.45) is 0 Å². The Bertz CT molecular complexity index is 1210. The molecule has 0 aliphatic carbocycles. The molecule has 0 saturated carbocycles. The van der Waals surface area contributed by atoms with Gasteiger partial charge in [-0.3, -0.25) is 9.36 Å². The Balaban J connectivity index is 1.50. The second-order valence-corrected chi connectivity index (χ2v) is 8.46. The Morgan fingerprint density at radius 3 is 2.24 bits per heavy atom. The van der Waals surface area contributed by atoms with Crippen molar-refractivity contribution in [3.63, 3.8) is 0 Å². The van der Waals surface area contributed by atoms with Crippen molar-refractivity contribution in [3.8, 4) is 11.4 Å². The molecule has 1 aromatic heterocycles. The van der Waals surface area contributed by atoms with Gasteiger partial charge in [-0.15, -0.1) is 10.2 Å². The van der Waals surface area contributed by atoms with Gasteiger partial charge in [0.05, 0.1) is 18.3 Å². The molecular weight excluding hydrogens is 442 g/mol. The average Bonchev–Trinajstić information content (AvgIpc) is 3.21. The molecule has 0 saturated heterocycles. The highest BCUT2D eigenvalue weighted by Crippen LogP contribution is 2.25. The largest absolute Gasteiger partial charge is 0.349 e. The maximum Gasteiger partial charge on any atom is 0.230 e. The van der Waals surface area contributed by atoms with E-state index in [1.54, 1.807) is 24.3 Å². The Morgan fingerprint density at radius 2 is 1.58 bits per heavy atom. The molecule has 8 heteroatoms. The van der Waals surface area contributed by atoms with Crippen molar-refractivity contribution in [2.45, 2.75) is 24.7 Å². The summed E-state index contributed by atoms with van der Waals surface area (Å²) >= 11 is 1.28. The molecule has 0 spiro atoms. The zero-order valence-electron chi connectivity index (χ0n) is 17.9. The molecule has 0 aliphatic rings. The fraction of sp³-hybridized carbons (Fsp3) is 0.160. The summed E-state index contributed by atoms with van der Waals surface area (Å²) in [6.45, 7) is 2.36. The molecule has 1 heterocycles. The van der Waals surface area contributed by atoms with E-state index in [1.165, 1.54) is 36.0 Å². The lowest BCUT2D eigenvalue weighted by molar-refractivity contribution is -0.119. The molecule has 0 radical (unpaired) electrons. The molecule has 0 aliphatic heterocycles. The van der Waals surface area contributed by atoms with Crippen molar-refractivity contribution < 1.29 is 13.6 Å². The van der Waals surface area contributed by atoms with E-state index in [9.17, 15) is 13.6 Å². The van der Waals surface area contributed by atoms with E-state index in [-0.39, 0.29) is 29.3 Å². The number of rotatable bonds is 8. The van der Waals surface area contributed by atoms with Crippen molar-refractivity contribution >= 4 is 17.7 Å². The molecule has 1 unspecified atom stereocenters. The summed E-state index contributed by atoms with van der Waals surface area (Å²) in [6.07, 6.45) is 0. The maximum atomic E-state index is 13.4. The maximum absolute atomic E-state index is 13.4. The van der Waals surface area contributed by atoms with E-state index in [0.29, 0.717) is 17.5 Å². The Hall–Kier alpha value is -3.52. The molecular formula is C25H22F2N4OS. The van der Waals surface area contributed by atoms with Crippen LogP contribution in [-0.4, -0.2) is 26.4 Å². The fourth-order valence-corrected chi connectivity index (χ4v) is 4.11. The summed E-state index contributed by atoms with van der Waals surface area (Å²) in [7, 11) is 0. The minimum atomic E-state index is -0.325. The third-order valence-electron chi connectivity index (χ3n) is 5.08. The first-order chi connectivity index (χ1) is 16.0. The van der Waals surface area contributed by atoms with Gasteiger partial charge in [0, 0.05) is 5.56 Å². The second kappa shape index (κ2) is 10.4. The number of carbonyl (C=O) groups excluding carboxylic acids is 1. The van der Waals surface area contributed by atoms with Crippen LogP contribution in [0.4, 0.5) is 8.78 Å². The number of hydrogen-bond donors (Lipinski definition) is 1. The van der Waals surface area contributed by atoms with Crippen LogP contribution in [0.25, 0.3) is 11.4 Å². The molecule has 168 valence electrons. The van der Waals surface area contributed by atoms with Crippen LogP contribution in [0.15, 0.2) is 84.0 Å².